The summed E-state index contributed by atoms with van der Waals surface area (Å²) in [6.45, 7) is 3.20. The van der Waals surface area contributed by atoms with Crippen LogP contribution in [0.3, 0.4) is 0 Å². The van der Waals surface area contributed by atoms with Gasteiger partial charge in [-0.3, -0.25) is 29.0 Å². The second kappa shape index (κ2) is 9.39. The van der Waals surface area contributed by atoms with Crippen LogP contribution in [0.2, 0.25) is 0 Å². The molecule has 0 heterocycles. The molecule has 0 unspecified atom stereocenters. The van der Waals surface area contributed by atoms with Crippen LogP contribution < -0.4 is 11.1 Å². The summed E-state index contributed by atoms with van der Waals surface area (Å²) in [6, 6.07) is -0.250. The number of phenols is 1. The number of benzene rings is 1. The third-order valence-corrected chi connectivity index (χ3v) is 8.59. The van der Waals surface area contributed by atoms with Crippen LogP contribution in [0, 0.1) is 17.7 Å². The number of aromatic hydroxyl groups is 1. The summed E-state index contributed by atoms with van der Waals surface area (Å²) < 4.78 is 15.4. The Hall–Kier alpha value is -3.81. The molecule has 3 aliphatic rings. The maximum absolute atomic E-state index is 15.4. The first-order valence-corrected chi connectivity index (χ1v) is 12.6. The fourth-order valence-electron chi connectivity index (χ4n) is 5.85. The van der Waals surface area contributed by atoms with Crippen molar-refractivity contribution < 1.29 is 44.0 Å². The van der Waals surface area contributed by atoms with Crippen molar-refractivity contribution in [3.63, 3.8) is 0 Å². The van der Waals surface area contributed by atoms with Crippen molar-refractivity contribution in [2.75, 3.05) is 33.5 Å². The normalized spacial score (nSPS) is 26.6. The summed E-state index contributed by atoms with van der Waals surface area (Å²) in [5, 5.41) is 47.2. The van der Waals surface area contributed by atoms with E-state index in [9.17, 15) is 39.6 Å². The Morgan fingerprint density at radius 3 is 2.27 bits per heavy atom. The minimum atomic E-state index is -2.81. The molecule has 40 heavy (non-hydrogen) atoms. The highest BCUT2D eigenvalue weighted by molar-refractivity contribution is 6.25. The third kappa shape index (κ3) is 3.91. The number of allylic oxidation sites excluding steroid dienone is 1. The van der Waals surface area contributed by atoms with E-state index in [-0.39, 0.29) is 24.1 Å². The molecule has 4 rings (SSSR count). The van der Waals surface area contributed by atoms with Crippen molar-refractivity contribution in [3.05, 3.63) is 45.7 Å². The minimum Gasteiger partial charge on any atom is -0.510 e. The van der Waals surface area contributed by atoms with E-state index in [0.717, 1.165) is 6.07 Å². The van der Waals surface area contributed by atoms with Crippen LogP contribution in [0.1, 0.15) is 36.2 Å². The number of halogens is 1. The first kappa shape index (κ1) is 29.2. The van der Waals surface area contributed by atoms with E-state index < -0.39 is 92.2 Å². The minimum absolute atomic E-state index is 0.165. The van der Waals surface area contributed by atoms with Crippen LogP contribution in [0.25, 0.3) is 0 Å². The fourth-order valence-corrected chi connectivity index (χ4v) is 5.85. The molecule has 7 N–H and O–H groups in total. The van der Waals surface area contributed by atoms with Gasteiger partial charge in [0.05, 0.1) is 22.8 Å². The van der Waals surface area contributed by atoms with E-state index in [1.54, 1.807) is 32.8 Å². The number of anilines is 1. The quantitative estimate of drug-likeness (QED) is 0.219. The van der Waals surface area contributed by atoms with E-state index >= 15 is 4.39 Å². The molecular formula is C27H33FN4O8. The zero-order valence-corrected chi connectivity index (χ0v) is 23.0. The summed E-state index contributed by atoms with van der Waals surface area (Å²) in [6.07, 6.45) is -0.368. The highest BCUT2D eigenvalue weighted by Crippen LogP contribution is 2.53. The molecular weight excluding hydrogens is 527 g/mol. The Labute approximate surface area is 229 Å². The summed E-state index contributed by atoms with van der Waals surface area (Å²) in [7, 11) is 6.33. The Kier molecular flexibility index (Phi) is 6.85. The Bertz CT molecular complexity index is 1430. The van der Waals surface area contributed by atoms with Crippen LogP contribution in [0.5, 0.6) is 5.75 Å². The molecule has 0 spiro atoms. The number of carbonyl (C=O) groups is 4. The Morgan fingerprint density at radius 1 is 1.15 bits per heavy atom. The number of carbonyl (C=O) groups excluding carboxylic acids is 4. The van der Waals surface area contributed by atoms with Crippen molar-refractivity contribution in [1.82, 2.24) is 9.80 Å². The number of hydrogen-bond donors (Lipinski definition) is 6. The van der Waals surface area contributed by atoms with Gasteiger partial charge in [0.2, 0.25) is 11.7 Å². The van der Waals surface area contributed by atoms with E-state index in [4.69, 9.17) is 5.73 Å². The third-order valence-electron chi connectivity index (χ3n) is 8.59. The van der Waals surface area contributed by atoms with E-state index in [1.807, 2.05) is 0 Å². The number of phenolic OH excluding ortho intramolecular Hbond substituents is 1. The predicted octanol–water partition coefficient (Wildman–Crippen LogP) is 0.538. The lowest BCUT2D eigenvalue weighted by molar-refractivity contribution is -0.148. The molecule has 3 aliphatic carbocycles. The first-order chi connectivity index (χ1) is 18.4. The SMILES string of the molecule is CN(C)[C@@H]1C(O)=C(C(N)=O)C(=O)[C@@]2(O)C(O)=C3C(=O)c4c(O)c(NC(=O)C(C)(C)N(C)C)cc(F)c4C[C@H]3C[C@@H]12. The predicted molar refractivity (Wildman–Crippen MR) is 140 cm³/mol. The summed E-state index contributed by atoms with van der Waals surface area (Å²) in [5.74, 6) is -9.87. The molecule has 0 radical (unpaired) electrons. The molecule has 0 aromatic heterocycles. The van der Waals surface area contributed by atoms with Crippen molar-refractivity contribution in [1.29, 1.82) is 0 Å². The Morgan fingerprint density at radius 2 is 1.75 bits per heavy atom. The molecule has 1 aromatic carbocycles. The van der Waals surface area contributed by atoms with Crippen molar-refractivity contribution in [3.8, 4) is 5.75 Å². The van der Waals surface area contributed by atoms with Crippen LogP contribution in [0.15, 0.2) is 28.7 Å². The number of nitrogens with one attached hydrogen (secondary N) is 1. The van der Waals surface area contributed by atoms with Gasteiger partial charge in [0.1, 0.15) is 22.9 Å². The molecule has 1 aromatic rings. The van der Waals surface area contributed by atoms with Gasteiger partial charge in [-0.2, -0.15) is 0 Å². The molecule has 0 aliphatic heterocycles. The summed E-state index contributed by atoms with van der Waals surface area (Å²) >= 11 is 0. The number of rotatable bonds is 5. The van der Waals surface area contributed by atoms with Crippen molar-refractivity contribution >= 4 is 29.1 Å². The second-order valence-electron chi connectivity index (χ2n) is 11.5. The molecule has 12 nitrogen and oxygen atoms in total. The number of aliphatic hydroxyl groups excluding tert-OH is 2. The molecule has 0 fully saturated rings. The van der Waals surface area contributed by atoms with Gasteiger partial charge in [0.25, 0.3) is 5.91 Å². The zero-order chi connectivity index (χ0) is 30.2. The van der Waals surface area contributed by atoms with Crippen LogP contribution in [-0.2, 0) is 20.8 Å². The van der Waals surface area contributed by atoms with Gasteiger partial charge in [0.15, 0.2) is 17.1 Å². The lowest BCUT2D eigenvalue weighted by Gasteiger charge is -2.50. The summed E-state index contributed by atoms with van der Waals surface area (Å²) in [4.78, 5) is 55.0. The van der Waals surface area contributed by atoms with Gasteiger partial charge in [-0.1, -0.05) is 0 Å². The number of primary amides is 1. The first-order valence-electron chi connectivity index (χ1n) is 12.6. The van der Waals surface area contributed by atoms with E-state index in [2.05, 4.69) is 5.32 Å². The smallest absolute Gasteiger partial charge is 0.255 e. The van der Waals surface area contributed by atoms with Gasteiger partial charge in [-0.25, -0.2) is 4.39 Å². The molecule has 0 saturated heterocycles. The number of aliphatic hydroxyl groups is 3. The van der Waals surface area contributed by atoms with Crippen LogP contribution in [0.4, 0.5) is 10.1 Å². The zero-order valence-electron chi connectivity index (χ0n) is 23.0. The summed E-state index contributed by atoms with van der Waals surface area (Å²) in [5.41, 5.74) is -0.974. The highest BCUT2D eigenvalue weighted by atomic mass is 19.1. The molecule has 13 heteroatoms. The van der Waals surface area contributed by atoms with Crippen LogP contribution in [-0.4, -0.2) is 99.0 Å². The van der Waals surface area contributed by atoms with Gasteiger partial charge in [-0.15, -0.1) is 0 Å². The van der Waals surface area contributed by atoms with E-state index in [1.165, 1.54) is 19.0 Å². The average Bonchev–Trinajstić information content (AvgIpc) is 2.83. The standard InChI is InChI=1S/C27H33FN4O8/c1-26(2,32(5)6)25(39)30-14-9-13(28)11-7-10-8-12-18(31(3)4)21(35)17(24(29)38)23(37)27(12,40)22(36)15(10)20(34)16(11)19(14)33/h9-10,12,18,33,35-36,40H,7-8H2,1-6H3,(H2,29,38)(H,30,39)/t10-,12-,18-,27-/m0/s1. The molecule has 4 atom stereocenters. The highest BCUT2D eigenvalue weighted by Gasteiger charge is 2.63. The fraction of sp³-hybridized carbons (Fsp3) is 0.481. The number of hydrogen-bond acceptors (Lipinski definition) is 10. The Balaban J connectivity index is 1.88. The van der Waals surface area contributed by atoms with Gasteiger partial charge >= 0.3 is 0 Å². The number of Topliss-reactive ketones (excluding diaryl/α,β-unsaturated/α-hetero) is 2. The number of nitrogens with zero attached hydrogens (tertiary/aromatic N) is 2. The lowest BCUT2D eigenvalue weighted by atomic mass is 9.58. The van der Waals surface area contributed by atoms with Crippen LogP contribution >= 0.6 is 0 Å². The van der Waals surface area contributed by atoms with Gasteiger partial charge < -0.3 is 31.5 Å². The maximum atomic E-state index is 15.4. The number of likely N-dealkylation sites (N-methyl/N-ethyl adjacent to an activating group) is 2. The monoisotopic (exact) mass is 560 g/mol. The topological polar surface area (TPSA) is 194 Å². The average molecular weight is 561 g/mol. The van der Waals surface area contributed by atoms with Gasteiger partial charge in [-0.05, 0) is 60.8 Å². The lowest BCUT2D eigenvalue weighted by Crippen LogP contribution is -2.63. The number of nitrogens with two attached hydrogens (primary N) is 1. The number of amides is 2. The second-order valence-corrected chi connectivity index (χ2v) is 11.5. The van der Waals surface area contributed by atoms with Gasteiger partial charge in [0, 0.05) is 23.1 Å². The number of ketones is 2. The maximum Gasteiger partial charge on any atom is 0.255 e. The molecule has 216 valence electrons. The van der Waals surface area contributed by atoms with Crippen molar-refractivity contribution in [2.45, 2.75) is 43.9 Å². The van der Waals surface area contributed by atoms with E-state index in [0.29, 0.717) is 0 Å². The largest absolute Gasteiger partial charge is 0.510 e. The van der Waals surface area contributed by atoms with Crippen molar-refractivity contribution in [2.24, 2.45) is 17.6 Å². The molecule has 0 bridgehead atoms. The molecule has 0 saturated carbocycles. The number of fused-ring (bicyclic) bond motifs is 3. The molecule has 2 amide bonds.